The molecule has 2 aliphatic heterocycles. The third-order valence-electron chi connectivity index (χ3n) is 6.42. The van der Waals surface area contributed by atoms with Crippen molar-refractivity contribution in [2.45, 2.75) is 70.2 Å². The maximum absolute atomic E-state index is 12.8. The number of anilines is 1. The Morgan fingerprint density at radius 3 is 2.36 bits per heavy atom. The minimum atomic E-state index is -0.0564. The second-order valence-electron chi connectivity index (χ2n) is 9.27. The van der Waals surface area contributed by atoms with E-state index in [9.17, 15) is 9.59 Å². The zero-order valence-electron chi connectivity index (χ0n) is 19.2. The molecule has 2 amide bonds. The second-order valence-corrected chi connectivity index (χ2v) is 9.68. The van der Waals surface area contributed by atoms with Crippen LogP contribution in [0.1, 0.15) is 56.3 Å². The molecule has 0 aromatic heterocycles. The number of hydrogen-bond donors (Lipinski definition) is 2. The summed E-state index contributed by atoms with van der Waals surface area (Å²) in [5.41, 5.74) is 1.28. The van der Waals surface area contributed by atoms with Crippen molar-refractivity contribution in [3.63, 3.8) is 0 Å². The minimum absolute atomic E-state index is 0.0498. The third kappa shape index (κ3) is 6.06. The summed E-state index contributed by atoms with van der Waals surface area (Å²) in [7, 11) is 0. The molecule has 6 nitrogen and oxygen atoms in total. The standard InChI is InChI=1S/C26H32ClN3O3/c1-17(2)33-22-12-10-18(11-13-22)26(32)28-19-14-20-6-5-7-21(15-19)30(20)16-25(31)29-24-9-4-3-8-23(24)27/h3-4,8-13,17,19-21H,5-7,14-16H2,1-2H3,(H,28,32)(H,29,31). The van der Waals surface area contributed by atoms with Crippen molar-refractivity contribution in [3.8, 4) is 5.75 Å². The molecule has 4 rings (SSSR count). The van der Waals surface area contributed by atoms with Crippen LogP contribution in [0.15, 0.2) is 48.5 Å². The molecule has 0 spiro atoms. The van der Waals surface area contributed by atoms with Crippen LogP contribution in [0.4, 0.5) is 5.69 Å². The van der Waals surface area contributed by atoms with Gasteiger partial charge in [-0.05, 0) is 75.9 Å². The van der Waals surface area contributed by atoms with Crippen molar-refractivity contribution in [1.29, 1.82) is 0 Å². The predicted molar refractivity (Wildman–Crippen MR) is 131 cm³/mol. The molecular formula is C26H32ClN3O3. The third-order valence-corrected chi connectivity index (χ3v) is 6.75. The van der Waals surface area contributed by atoms with Gasteiger partial charge in [-0.2, -0.15) is 0 Å². The van der Waals surface area contributed by atoms with Crippen LogP contribution in [0.5, 0.6) is 5.75 Å². The predicted octanol–water partition coefficient (Wildman–Crippen LogP) is 4.88. The molecule has 2 heterocycles. The van der Waals surface area contributed by atoms with Crippen molar-refractivity contribution in [2.75, 3.05) is 11.9 Å². The number of fused-ring (bicyclic) bond motifs is 2. The lowest BCUT2D eigenvalue weighted by atomic mass is 9.81. The Morgan fingerprint density at radius 1 is 1.06 bits per heavy atom. The quantitative estimate of drug-likeness (QED) is 0.606. The number of rotatable bonds is 7. The number of piperidine rings is 2. The Balaban J connectivity index is 1.33. The zero-order valence-corrected chi connectivity index (χ0v) is 20.0. The van der Waals surface area contributed by atoms with Gasteiger partial charge in [-0.25, -0.2) is 0 Å². The monoisotopic (exact) mass is 469 g/mol. The molecular weight excluding hydrogens is 438 g/mol. The number of ether oxygens (including phenoxy) is 1. The Morgan fingerprint density at radius 2 is 1.73 bits per heavy atom. The maximum Gasteiger partial charge on any atom is 0.251 e. The van der Waals surface area contributed by atoms with Crippen molar-refractivity contribution in [1.82, 2.24) is 10.2 Å². The number of carbonyl (C=O) groups excluding carboxylic acids is 2. The van der Waals surface area contributed by atoms with Crippen LogP contribution in [-0.4, -0.2) is 47.5 Å². The smallest absolute Gasteiger partial charge is 0.251 e. The number of benzene rings is 2. The van der Waals surface area contributed by atoms with Crippen LogP contribution >= 0.6 is 11.6 Å². The molecule has 7 heteroatoms. The van der Waals surface area contributed by atoms with Crippen LogP contribution in [-0.2, 0) is 4.79 Å². The number of hydrogen-bond acceptors (Lipinski definition) is 4. The highest BCUT2D eigenvalue weighted by molar-refractivity contribution is 6.33. The van der Waals surface area contributed by atoms with Gasteiger partial charge in [-0.1, -0.05) is 30.2 Å². The van der Waals surface area contributed by atoms with E-state index in [-0.39, 0.29) is 24.0 Å². The fraction of sp³-hybridized carbons (Fsp3) is 0.462. The molecule has 176 valence electrons. The summed E-state index contributed by atoms with van der Waals surface area (Å²) >= 11 is 6.18. The van der Waals surface area contributed by atoms with E-state index in [0.717, 1.165) is 37.9 Å². The fourth-order valence-corrected chi connectivity index (χ4v) is 5.18. The number of carbonyl (C=O) groups is 2. The summed E-state index contributed by atoms with van der Waals surface area (Å²) < 4.78 is 5.66. The van der Waals surface area contributed by atoms with Crippen molar-refractivity contribution >= 4 is 29.1 Å². The van der Waals surface area contributed by atoms with Crippen LogP contribution < -0.4 is 15.4 Å². The van der Waals surface area contributed by atoms with Gasteiger partial charge in [0.1, 0.15) is 5.75 Å². The van der Waals surface area contributed by atoms with Gasteiger partial charge >= 0.3 is 0 Å². The first-order valence-corrected chi connectivity index (χ1v) is 12.1. The summed E-state index contributed by atoms with van der Waals surface area (Å²) in [5, 5.41) is 6.69. The molecule has 2 unspecified atom stereocenters. The summed E-state index contributed by atoms with van der Waals surface area (Å²) in [5.74, 6) is 0.657. The molecule has 2 fully saturated rings. The van der Waals surface area contributed by atoms with Gasteiger partial charge in [0.2, 0.25) is 5.91 Å². The van der Waals surface area contributed by atoms with Crippen LogP contribution in [0, 0.1) is 0 Å². The van der Waals surface area contributed by atoms with Crippen molar-refractivity contribution in [3.05, 3.63) is 59.1 Å². The molecule has 2 bridgehead atoms. The number of amides is 2. The zero-order chi connectivity index (χ0) is 23.4. The maximum atomic E-state index is 12.8. The number of nitrogens with one attached hydrogen (secondary N) is 2. The summed E-state index contributed by atoms with van der Waals surface area (Å²) in [6.45, 7) is 4.30. The Labute approximate surface area is 200 Å². The van der Waals surface area contributed by atoms with E-state index in [1.54, 1.807) is 6.07 Å². The topological polar surface area (TPSA) is 70.7 Å². The van der Waals surface area contributed by atoms with Crippen LogP contribution in [0.2, 0.25) is 5.02 Å². The molecule has 33 heavy (non-hydrogen) atoms. The number of nitrogens with zero attached hydrogens (tertiary/aromatic N) is 1. The normalized spacial score (nSPS) is 22.6. The van der Waals surface area contributed by atoms with E-state index in [1.807, 2.05) is 56.3 Å². The summed E-state index contributed by atoms with van der Waals surface area (Å²) in [6, 6.07) is 15.3. The summed E-state index contributed by atoms with van der Waals surface area (Å²) in [6.07, 6.45) is 5.07. The van der Waals surface area contributed by atoms with Crippen molar-refractivity contribution < 1.29 is 14.3 Å². The lowest BCUT2D eigenvalue weighted by Crippen LogP contribution is -2.58. The van der Waals surface area contributed by atoms with Gasteiger partial charge in [0.15, 0.2) is 0 Å². The molecule has 2 N–H and O–H groups in total. The van der Waals surface area contributed by atoms with Gasteiger partial charge in [0, 0.05) is 23.7 Å². The van der Waals surface area contributed by atoms with E-state index in [0.29, 0.717) is 34.9 Å². The number of halogens is 1. The lowest BCUT2D eigenvalue weighted by molar-refractivity contribution is -0.120. The molecule has 0 saturated carbocycles. The average Bonchev–Trinajstić information content (AvgIpc) is 2.76. The summed E-state index contributed by atoms with van der Waals surface area (Å²) in [4.78, 5) is 27.8. The minimum Gasteiger partial charge on any atom is -0.491 e. The molecule has 2 aliphatic rings. The van der Waals surface area contributed by atoms with E-state index in [2.05, 4.69) is 15.5 Å². The van der Waals surface area contributed by atoms with Gasteiger partial charge < -0.3 is 15.4 Å². The van der Waals surface area contributed by atoms with E-state index in [4.69, 9.17) is 16.3 Å². The average molecular weight is 470 g/mol. The van der Waals surface area contributed by atoms with E-state index in [1.165, 1.54) is 0 Å². The Bertz CT molecular complexity index is 965. The van der Waals surface area contributed by atoms with Crippen molar-refractivity contribution in [2.24, 2.45) is 0 Å². The molecule has 2 aromatic carbocycles. The first kappa shape index (κ1) is 23.6. The highest BCUT2D eigenvalue weighted by atomic mass is 35.5. The van der Waals surface area contributed by atoms with E-state index >= 15 is 0 Å². The van der Waals surface area contributed by atoms with Gasteiger partial charge in [0.25, 0.3) is 5.91 Å². The highest BCUT2D eigenvalue weighted by Gasteiger charge is 2.39. The first-order chi connectivity index (χ1) is 15.9. The first-order valence-electron chi connectivity index (χ1n) is 11.8. The molecule has 2 aromatic rings. The lowest BCUT2D eigenvalue weighted by Gasteiger charge is -2.48. The highest BCUT2D eigenvalue weighted by Crippen LogP contribution is 2.34. The molecule has 0 aliphatic carbocycles. The Kier molecular flexibility index (Phi) is 7.56. The largest absolute Gasteiger partial charge is 0.491 e. The van der Waals surface area contributed by atoms with Gasteiger partial charge in [-0.15, -0.1) is 0 Å². The molecule has 2 atom stereocenters. The molecule has 0 radical (unpaired) electrons. The van der Waals surface area contributed by atoms with E-state index < -0.39 is 0 Å². The Hall–Kier alpha value is -2.57. The van der Waals surface area contributed by atoms with Gasteiger partial charge in [0.05, 0.1) is 23.4 Å². The van der Waals surface area contributed by atoms with Crippen LogP contribution in [0.3, 0.4) is 0 Å². The number of para-hydroxylation sites is 1. The fourth-order valence-electron chi connectivity index (χ4n) is 5.00. The van der Waals surface area contributed by atoms with Gasteiger partial charge in [-0.3, -0.25) is 14.5 Å². The SMILES string of the molecule is CC(C)Oc1ccc(C(=O)NC2CC3CCCC(C2)N3CC(=O)Nc2ccccc2Cl)cc1. The van der Waals surface area contributed by atoms with Crippen LogP contribution in [0.25, 0.3) is 0 Å². The molecule has 2 saturated heterocycles. The second kappa shape index (κ2) is 10.6.